The Morgan fingerprint density at radius 3 is 2.62 bits per heavy atom. The van der Waals surface area contributed by atoms with Crippen LogP contribution in [0.4, 0.5) is 5.69 Å². The summed E-state index contributed by atoms with van der Waals surface area (Å²) in [6, 6.07) is 1.94. The lowest BCUT2D eigenvalue weighted by Crippen LogP contribution is -2.37. The van der Waals surface area contributed by atoms with Crippen molar-refractivity contribution in [3.63, 3.8) is 0 Å². The van der Waals surface area contributed by atoms with E-state index in [1.54, 1.807) is 0 Å². The Hall–Kier alpha value is -1.90. The molecule has 1 rings (SSSR count). The first-order valence-corrected chi connectivity index (χ1v) is 6.21. The second-order valence-corrected chi connectivity index (χ2v) is 4.58. The second kappa shape index (κ2) is 7.21. The van der Waals surface area contributed by atoms with E-state index in [4.69, 9.17) is 23.2 Å². The van der Waals surface area contributed by atoms with Crippen LogP contribution in [0.15, 0.2) is 12.1 Å². The molecule has 0 fully saturated rings. The minimum absolute atomic E-state index is 0.162. The zero-order valence-electron chi connectivity index (χ0n) is 10.6. The maximum Gasteiger partial charge on any atom is 0.336 e. The number of hydrogen-bond acceptors (Lipinski definition) is 6. The van der Waals surface area contributed by atoms with Crippen LogP contribution in [0.2, 0.25) is 10.0 Å². The van der Waals surface area contributed by atoms with E-state index in [0.717, 1.165) is 19.2 Å². The molecule has 0 bridgehead atoms. The molecule has 0 radical (unpaired) electrons. The molecule has 0 saturated heterocycles. The number of esters is 1. The van der Waals surface area contributed by atoms with Gasteiger partial charge in [-0.25, -0.2) is 4.79 Å². The number of benzene rings is 1. The third kappa shape index (κ3) is 4.28. The van der Waals surface area contributed by atoms with E-state index in [1.807, 2.05) is 0 Å². The lowest BCUT2D eigenvalue weighted by molar-refractivity contribution is -0.384. The average molecular weight is 337 g/mol. The first-order valence-electron chi connectivity index (χ1n) is 5.45. The van der Waals surface area contributed by atoms with Crippen molar-refractivity contribution in [3.8, 4) is 0 Å². The number of hydrogen-bond donors (Lipinski definition) is 2. The third-order valence-corrected chi connectivity index (χ3v) is 3.20. The van der Waals surface area contributed by atoms with E-state index in [9.17, 15) is 24.8 Å². The number of amides is 1. The number of methoxy groups -OCH3 is 1. The zero-order valence-corrected chi connectivity index (χ0v) is 12.1. The van der Waals surface area contributed by atoms with Gasteiger partial charge in [-0.3, -0.25) is 14.9 Å². The largest absolute Gasteiger partial charge is 0.467 e. The first-order chi connectivity index (χ1) is 9.77. The van der Waals surface area contributed by atoms with E-state index in [0.29, 0.717) is 0 Å². The molecule has 1 amide bonds. The summed E-state index contributed by atoms with van der Waals surface area (Å²) in [5.41, 5.74) is -0.656. The van der Waals surface area contributed by atoms with E-state index in [-0.39, 0.29) is 15.6 Å². The molecule has 0 aliphatic carbocycles. The van der Waals surface area contributed by atoms with Gasteiger partial charge in [0.25, 0.3) is 11.6 Å². The van der Waals surface area contributed by atoms with Crippen LogP contribution in [0.25, 0.3) is 0 Å². The molecule has 0 aliphatic heterocycles. The first kappa shape index (κ1) is 17.2. The number of aliphatic hydroxyl groups is 1. The third-order valence-electron chi connectivity index (χ3n) is 2.40. The minimum Gasteiger partial charge on any atom is -0.467 e. The van der Waals surface area contributed by atoms with Gasteiger partial charge in [0.1, 0.15) is 0 Å². The number of halogens is 2. The molecular formula is C11H10Cl2N2O6. The number of carbonyl (C=O) groups is 2. The van der Waals surface area contributed by atoms with Gasteiger partial charge in [-0.1, -0.05) is 23.2 Å². The van der Waals surface area contributed by atoms with Crippen molar-refractivity contribution in [1.82, 2.24) is 5.32 Å². The number of nitrogens with zero attached hydrogens (tertiary/aromatic N) is 1. The van der Waals surface area contributed by atoms with Gasteiger partial charge in [-0.2, -0.15) is 0 Å². The molecule has 0 heterocycles. The quantitative estimate of drug-likeness (QED) is 0.473. The molecule has 0 aliphatic rings. The Balaban J connectivity index is 2.92. The van der Waals surface area contributed by atoms with Crippen LogP contribution in [-0.4, -0.2) is 41.7 Å². The summed E-state index contributed by atoms with van der Waals surface area (Å²) >= 11 is 11.5. The number of rotatable bonds is 5. The van der Waals surface area contributed by atoms with Crippen molar-refractivity contribution >= 4 is 40.8 Å². The van der Waals surface area contributed by atoms with Gasteiger partial charge in [-0.05, 0) is 0 Å². The summed E-state index contributed by atoms with van der Waals surface area (Å²) in [5.74, 6) is -1.76. The number of non-ortho nitro benzene ring substituents is 1. The molecule has 1 unspecified atom stereocenters. The molecular weight excluding hydrogens is 327 g/mol. The molecule has 114 valence electrons. The van der Waals surface area contributed by atoms with Gasteiger partial charge in [0.2, 0.25) is 0 Å². The van der Waals surface area contributed by atoms with E-state index >= 15 is 0 Å². The van der Waals surface area contributed by atoms with E-state index in [2.05, 4.69) is 10.1 Å². The fourth-order valence-electron chi connectivity index (χ4n) is 1.35. The number of aliphatic hydroxyl groups excluding tert-OH is 1. The monoisotopic (exact) mass is 336 g/mol. The van der Waals surface area contributed by atoms with Crippen LogP contribution in [0.1, 0.15) is 10.4 Å². The Bertz CT molecular complexity index is 592. The van der Waals surface area contributed by atoms with Crippen LogP contribution < -0.4 is 5.32 Å². The summed E-state index contributed by atoms with van der Waals surface area (Å²) in [6.07, 6.45) is -1.56. The van der Waals surface area contributed by atoms with Crippen molar-refractivity contribution in [1.29, 1.82) is 0 Å². The predicted molar refractivity (Wildman–Crippen MR) is 73.5 cm³/mol. The highest BCUT2D eigenvalue weighted by Crippen LogP contribution is 2.30. The molecule has 1 atom stereocenters. The fraction of sp³-hybridized carbons (Fsp3) is 0.273. The van der Waals surface area contributed by atoms with Gasteiger partial charge >= 0.3 is 5.97 Å². The summed E-state index contributed by atoms with van der Waals surface area (Å²) in [5, 5.41) is 21.9. The van der Waals surface area contributed by atoms with Crippen molar-refractivity contribution in [2.24, 2.45) is 0 Å². The van der Waals surface area contributed by atoms with Crippen LogP contribution in [0.5, 0.6) is 0 Å². The fourth-order valence-corrected chi connectivity index (χ4v) is 1.76. The molecule has 8 nitrogen and oxygen atoms in total. The number of nitro groups is 1. The number of ether oxygens (including phenoxy) is 1. The standard InChI is InChI=1S/C11H10Cl2N2O6/c1-21-11(18)8(16)4-14-10(17)6-2-5(15(19)20)3-7(12)9(6)13/h2-3,8,16H,4H2,1H3,(H,14,17). The lowest BCUT2D eigenvalue weighted by Gasteiger charge is -2.11. The van der Waals surface area contributed by atoms with Crippen LogP contribution in [0, 0.1) is 10.1 Å². The summed E-state index contributed by atoms with van der Waals surface area (Å²) in [6.45, 7) is -0.442. The van der Waals surface area contributed by atoms with Gasteiger partial charge in [0.05, 0.1) is 34.2 Å². The van der Waals surface area contributed by atoms with Crippen LogP contribution in [-0.2, 0) is 9.53 Å². The molecule has 1 aromatic carbocycles. The molecule has 10 heteroatoms. The Morgan fingerprint density at radius 1 is 1.48 bits per heavy atom. The SMILES string of the molecule is COC(=O)C(O)CNC(=O)c1cc([N+](=O)[O-])cc(Cl)c1Cl. The second-order valence-electron chi connectivity index (χ2n) is 3.80. The van der Waals surface area contributed by atoms with Gasteiger partial charge in [0, 0.05) is 12.1 Å². The summed E-state index contributed by atoms with van der Waals surface area (Å²) < 4.78 is 4.27. The van der Waals surface area contributed by atoms with Crippen molar-refractivity contribution < 1.29 is 24.4 Å². The van der Waals surface area contributed by atoms with Gasteiger partial charge in [-0.15, -0.1) is 0 Å². The van der Waals surface area contributed by atoms with E-state index in [1.165, 1.54) is 0 Å². The van der Waals surface area contributed by atoms with Crippen molar-refractivity contribution in [2.75, 3.05) is 13.7 Å². The maximum absolute atomic E-state index is 11.9. The topological polar surface area (TPSA) is 119 Å². The van der Waals surface area contributed by atoms with Crippen molar-refractivity contribution in [2.45, 2.75) is 6.10 Å². The van der Waals surface area contributed by atoms with Gasteiger partial charge < -0.3 is 15.2 Å². The molecule has 2 N–H and O–H groups in total. The highest BCUT2D eigenvalue weighted by molar-refractivity contribution is 6.44. The van der Waals surface area contributed by atoms with E-state index < -0.39 is 35.1 Å². The minimum atomic E-state index is -1.56. The Labute approximate surface area is 128 Å². The maximum atomic E-state index is 11.9. The van der Waals surface area contributed by atoms with Crippen molar-refractivity contribution in [3.05, 3.63) is 37.9 Å². The molecule has 0 saturated carbocycles. The normalized spacial score (nSPS) is 11.6. The van der Waals surface area contributed by atoms with Gasteiger partial charge in [0.15, 0.2) is 6.10 Å². The lowest BCUT2D eigenvalue weighted by atomic mass is 10.2. The average Bonchev–Trinajstić information content (AvgIpc) is 2.45. The zero-order chi connectivity index (χ0) is 16.2. The molecule has 21 heavy (non-hydrogen) atoms. The predicted octanol–water partition coefficient (Wildman–Crippen LogP) is 1.17. The summed E-state index contributed by atoms with van der Waals surface area (Å²) in [7, 11) is 1.07. The Kier molecular flexibility index (Phi) is 5.89. The number of nitrogens with one attached hydrogen (secondary N) is 1. The molecule has 1 aromatic rings. The Morgan fingerprint density at radius 2 is 2.10 bits per heavy atom. The molecule has 0 aromatic heterocycles. The number of nitro benzene ring substituents is 1. The number of carbonyl (C=O) groups excluding carboxylic acids is 2. The van der Waals surface area contributed by atoms with Crippen LogP contribution in [0.3, 0.4) is 0 Å². The highest BCUT2D eigenvalue weighted by Gasteiger charge is 2.21. The highest BCUT2D eigenvalue weighted by atomic mass is 35.5. The molecule has 0 spiro atoms. The smallest absolute Gasteiger partial charge is 0.336 e. The summed E-state index contributed by atoms with van der Waals surface area (Å²) in [4.78, 5) is 32.8. The van der Waals surface area contributed by atoms with Crippen LogP contribution >= 0.6 is 23.2 Å².